The number of carbonyl (C=O) groups excluding carboxylic acids is 4. The fraction of sp³-hybridized carbons (Fsp3) is 0.259. The van der Waals surface area contributed by atoms with Crippen LogP contribution >= 0.6 is 0 Å². The molecule has 0 saturated carbocycles. The number of unbranched alkanes of at least 4 members (excludes halogenated alkanes) is 1. The number of rotatable bonds is 9. The summed E-state index contributed by atoms with van der Waals surface area (Å²) in [5.41, 5.74) is 1.99. The molecule has 0 aliphatic carbocycles. The van der Waals surface area contributed by atoms with Crippen LogP contribution in [-0.2, 0) is 9.53 Å². The van der Waals surface area contributed by atoms with Crippen molar-refractivity contribution in [1.82, 2.24) is 4.90 Å². The molecule has 0 spiro atoms. The van der Waals surface area contributed by atoms with Crippen LogP contribution in [0.1, 0.15) is 63.7 Å². The van der Waals surface area contributed by atoms with Gasteiger partial charge in [0.1, 0.15) is 0 Å². The molecule has 0 bridgehead atoms. The number of imide groups is 1. The van der Waals surface area contributed by atoms with E-state index in [2.05, 4.69) is 5.32 Å². The lowest BCUT2D eigenvalue weighted by atomic mass is 9.94. The molecule has 3 aromatic carbocycles. The van der Waals surface area contributed by atoms with Crippen LogP contribution in [0.2, 0.25) is 0 Å². The molecule has 0 unspecified atom stereocenters. The summed E-state index contributed by atoms with van der Waals surface area (Å²) in [6, 6.07) is 17.3. The molecule has 0 aromatic heterocycles. The van der Waals surface area contributed by atoms with Gasteiger partial charge in [-0.25, -0.2) is 4.79 Å². The van der Waals surface area contributed by atoms with Gasteiger partial charge in [-0.1, -0.05) is 37.6 Å². The van der Waals surface area contributed by atoms with E-state index in [0.29, 0.717) is 40.8 Å². The van der Waals surface area contributed by atoms with Gasteiger partial charge in [0.05, 0.1) is 12.2 Å². The first kappa shape index (κ1) is 23.2. The number of nitrogens with zero attached hydrogens (tertiary/aromatic N) is 1. The Kier molecular flexibility index (Phi) is 7.01. The lowest BCUT2D eigenvalue weighted by molar-refractivity contribution is -0.116. The highest BCUT2D eigenvalue weighted by molar-refractivity contribution is 6.25. The van der Waals surface area contributed by atoms with Crippen LogP contribution in [0.5, 0.6) is 0 Å². The molecule has 1 heterocycles. The fourth-order valence-corrected chi connectivity index (χ4v) is 3.99. The first-order valence-electron chi connectivity index (χ1n) is 11.4. The van der Waals surface area contributed by atoms with Crippen molar-refractivity contribution in [2.45, 2.75) is 32.6 Å². The number of hydrogen-bond donors (Lipinski definition) is 1. The second-order valence-corrected chi connectivity index (χ2v) is 8.19. The third-order valence-corrected chi connectivity index (χ3v) is 5.78. The largest absolute Gasteiger partial charge is 0.462 e. The highest BCUT2D eigenvalue weighted by Crippen LogP contribution is 2.30. The molecule has 0 fully saturated rings. The standard InChI is InChI=1S/C27H26N2O5/c1-2-3-17-34-27(33)19-12-14-20(15-13-19)28-23(30)11-6-16-29-25(31)21-9-4-7-18-8-5-10-22(24(18)21)26(29)32/h4-5,7-10,12-15H,2-3,6,11,16-17H2,1H3,(H,28,30). The number of ether oxygens (including phenoxy) is 1. The van der Waals surface area contributed by atoms with Crippen LogP contribution in [0.15, 0.2) is 60.7 Å². The van der Waals surface area contributed by atoms with E-state index >= 15 is 0 Å². The Morgan fingerprint density at radius 3 is 2.15 bits per heavy atom. The van der Waals surface area contributed by atoms with Crippen molar-refractivity contribution in [1.29, 1.82) is 0 Å². The molecule has 4 rings (SSSR count). The summed E-state index contributed by atoms with van der Waals surface area (Å²) in [5, 5.41) is 4.32. The Bertz CT molecular complexity index is 1200. The molecule has 0 radical (unpaired) electrons. The third-order valence-electron chi connectivity index (χ3n) is 5.78. The minimum atomic E-state index is -0.389. The van der Waals surface area contributed by atoms with Gasteiger partial charge in [0.2, 0.25) is 5.91 Å². The van der Waals surface area contributed by atoms with E-state index in [1.54, 1.807) is 48.5 Å². The predicted octanol–water partition coefficient (Wildman–Crippen LogP) is 4.81. The third kappa shape index (κ3) is 4.83. The Hall–Kier alpha value is -4.00. The SMILES string of the molecule is CCCCOC(=O)c1ccc(NC(=O)CCCN2C(=O)c3cccc4cccc(c34)C2=O)cc1. The summed E-state index contributed by atoms with van der Waals surface area (Å²) < 4.78 is 5.17. The Morgan fingerprint density at radius 1 is 0.882 bits per heavy atom. The maximum Gasteiger partial charge on any atom is 0.338 e. The number of hydrogen-bond acceptors (Lipinski definition) is 5. The molecule has 3 amide bonds. The van der Waals surface area contributed by atoms with Crippen LogP contribution < -0.4 is 5.32 Å². The first-order valence-corrected chi connectivity index (χ1v) is 11.4. The molecule has 34 heavy (non-hydrogen) atoms. The van der Waals surface area contributed by atoms with E-state index < -0.39 is 0 Å². The zero-order valence-electron chi connectivity index (χ0n) is 19.0. The van der Waals surface area contributed by atoms with Crippen molar-refractivity contribution in [3.63, 3.8) is 0 Å². The van der Waals surface area contributed by atoms with Crippen molar-refractivity contribution in [3.05, 3.63) is 77.4 Å². The minimum absolute atomic E-state index is 0.143. The number of nitrogens with one attached hydrogen (secondary N) is 1. The van der Waals surface area contributed by atoms with E-state index in [1.165, 1.54) is 4.90 Å². The average Bonchev–Trinajstić information content (AvgIpc) is 2.85. The average molecular weight is 459 g/mol. The van der Waals surface area contributed by atoms with Crippen molar-refractivity contribution < 1.29 is 23.9 Å². The number of amides is 3. The van der Waals surface area contributed by atoms with Crippen LogP contribution in [0.25, 0.3) is 10.8 Å². The van der Waals surface area contributed by atoms with Crippen molar-refractivity contribution in [2.24, 2.45) is 0 Å². The van der Waals surface area contributed by atoms with Gasteiger partial charge in [-0.05, 0) is 54.6 Å². The second kappa shape index (κ2) is 10.3. The predicted molar refractivity (Wildman–Crippen MR) is 129 cm³/mol. The van der Waals surface area contributed by atoms with Gasteiger partial charge >= 0.3 is 5.97 Å². The molecule has 174 valence electrons. The minimum Gasteiger partial charge on any atom is -0.462 e. The summed E-state index contributed by atoms with van der Waals surface area (Å²) in [6.07, 6.45) is 2.24. The molecule has 0 saturated heterocycles. The fourth-order valence-electron chi connectivity index (χ4n) is 3.99. The Labute approximate surface area is 197 Å². The zero-order valence-corrected chi connectivity index (χ0v) is 19.0. The number of anilines is 1. The lowest BCUT2D eigenvalue weighted by Crippen LogP contribution is -2.41. The normalized spacial score (nSPS) is 12.7. The highest BCUT2D eigenvalue weighted by atomic mass is 16.5. The van der Waals surface area contributed by atoms with E-state index in [9.17, 15) is 19.2 Å². The van der Waals surface area contributed by atoms with E-state index in [4.69, 9.17) is 4.74 Å². The topological polar surface area (TPSA) is 92.8 Å². The van der Waals surface area contributed by atoms with Gasteiger partial charge < -0.3 is 10.1 Å². The second-order valence-electron chi connectivity index (χ2n) is 8.19. The van der Waals surface area contributed by atoms with Gasteiger partial charge in [0.15, 0.2) is 0 Å². The maximum atomic E-state index is 12.9. The summed E-state index contributed by atoms with van der Waals surface area (Å²) >= 11 is 0. The van der Waals surface area contributed by atoms with Crippen LogP contribution in [0.3, 0.4) is 0 Å². The van der Waals surface area contributed by atoms with E-state index in [-0.39, 0.29) is 36.7 Å². The molecule has 1 aliphatic rings. The van der Waals surface area contributed by atoms with Crippen molar-refractivity contribution in [3.8, 4) is 0 Å². The van der Waals surface area contributed by atoms with Crippen molar-refractivity contribution in [2.75, 3.05) is 18.5 Å². The molecular formula is C27H26N2O5. The number of carbonyl (C=O) groups is 4. The summed E-state index contributed by atoms with van der Waals surface area (Å²) in [7, 11) is 0. The van der Waals surface area contributed by atoms with E-state index in [1.807, 2.05) is 19.1 Å². The van der Waals surface area contributed by atoms with Gasteiger partial charge in [0, 0.05) is 35.2 Å². The molecule has 0 atom stereocenters. The van der Waals surface area contributed by atoms with Crippen LogP contribution in [-0.4, -0.2) is 41.7 Å². The maximum absolute atomic E-state index is 12.9. The molecule has 1 N–H and O–H groups in total. The van der Waals surface area contributed by atoms with Gasteiger partial charge in [-0.15, -0.1) is 0 Å². The molecule has 7 heteroatoms. The number of benzene rings is 3. The summed E-state index contributed by atoms with van der Waals surface area (Å²) in [4.78, 5) is 51.4. The van der Waals surface area contributed by atoms with Gasteiger partial charge in [-0.3, -0.25) is 19.3 Å². The summed E-state index contributed by atoms with van der Waals surface area (Å²) in [5.74, 6) is -1.30. The highest BCUT2D eigenvalue weighted by Gasteiger charge is 2.32. The van der Waals surface area contributed by atoms with Gasteiger partial charge in [-0.2, -0.15) is 0 Å². The monoisotopic (exact) mass is 458 g/mol. The number of esters is 1. The van der Waals surface area contributed by atoms with E-state index in [0.717, 1.165) is 18.2 Å². The van der Waals surface area contributed by atoms with Crippen molar-refractivity contribution >= 4 is 40.2 Å². The van der Waals surface area contributed by atoms with Crippen LogP contribution in [0, 0.1) is 0 Å². The zero-order chi connectivity index (χ0) is 24.1. The summed E-state index contributed by atoms with van der Waals surface area (Å²) in [6.45, 7) is 2.56. The molecule has 1 aliphatic heterocycles. The Morgan fingerprint density at radius 2 is 1.53 bits per heavy atom. The Balaban J connectivity index is 1.31. The molecule has 7 nitrogen and oxygen atoms in total. The quantitative estimate of drug-likeness (QED) is 0.282. The lowest BCUT2D eigenvalue weighted by Gasteiger charge is -2.27. The first-order chi connectivity index (χ1) is 16.5. The molecular weight excluding hydrogens is 432 g/mol. The smallest absolute Gasteiger partial charge is 0.338 e. The molecule has 3 aromatic rings. The van der Waals surface area contributed by atoms with Crippen LogP contribution in [0.4, 0.5) is 5.69 Å². The van der Waals surface area contributed by atoms with Gasteiger partial charge in [0.25, 0.3) is 11.8 Å².